The zero-order valence-electron chi connectivity index (χ0n) is 8.25. The number of nitrogens with two attached hydrogens (primary N) is 1. The molecule has 0 amide bonds. The Morgan fingerprint density at radius 2 is 2.13 bits per heavy atom. The Morgan fingerprint density at radius 3 is 2.87 bits per heavy atom. The van der Waals surface area contributed by atoms with E-state index in [0.29, 0.717) is 6.61 Å². The summed E-state index contributed by atoms with van der Waals surface area (Å²) < 4.78 is 23.9. The maximum atomic E-state index is 13.3. The Labute approximate surface area is 87.0 Å². The molecule has 4 heteroatoms. The lowest BCUT2D eigenvalue weighted by atomic mass is 10.0. The summed E-state index contributed by atoms with van der Waals surface area (Å²) in [6.45, 7) is 0.623. The normalized spacial score (nSPS) is 21.7. The highest BCUT2D eigenvalue weighted by atomic mass is 19.1. The van der Waals surface area contributed by atoms with Gasteiger partial charge in [0.05, 0.1) is 6.61 Å². The van der Waals surface area contributed by atoms with Crippen LogP contribution in [0.2, 0.25) is 0 Å². The first-order chi connectivity index (χ1) is 7.19. The van der Waals surface area contributed by atoms with Crippen LogP contribution in [0.3, 0.4) is 0 Å². The fourth-order valence-corrected chi connectivity index (χ4v) is 1.95. The number of benzene rings is 1. The minimum atomic E-state index is -0.372. The summed E-state index contributed by atoms with van der Waals surface area (Å²) in [4.78, 5) is 0. The molecule has 1 fully saturated rings. The van der Waals surface area contributed by atoms with Crippen molar-refractivity contribution in [2.24, 2.45) is 5.73 Å². The zero-order chi connectivity index (χ0) is 10.5. The fourth-order valence-electron chi connectivity index (χ4n) is 1.95. The maximum Gasteiger partial charge on any atom is 0.189 e. The quantitative estimate of drug-likeness (QED) is 0.764. The molecule has 0 radical (unpaired) electrons. The Kier molecular flexibility index (Phi) is 1.78. The van der Waals surface area contributed by atoms with Gasteiger partial charge in [-0.1, -0.05) is 0 Å². The molecule has 1 aromatic rings. The fraction of sp³-hybridized carbons (Fsp3) is 0.455. The van der Waals surface area contributed by atoms with E-state index in [1.54, 1.807) is 0 Å². The van der Waals surface area contributed by atoms with Crippen LogP contribution in [0.1, 0.15) is 24.0 Å². The minimum absolute atomic E-state index is 0.224. The van der Waals surface area contributed by atoms with E-state index in [9.17, 15) is 4.39 Å². The molecule has 2 aliphatic rings. The number of ether oxygens (including phenoxy) is 2. The molecule has 3 rings (SSSR count). The molecule has 0 bridgehead atoms. The summed E-state index contributed by atoms with van der Waals surface area (Å²) in [7, 11) is 0. The lowest BCUT2D eigenvalue weighted by molar-refractivity contribution is -0.0176. The van der Waals surface area contributed by atoms with E-state index >= 15 is 0 Å². The van der Waals surface area contributed by atoms with E-state index in [0.717, 1.165) is 29.7 Å². The second-order valence-corrected chi connectivity index (χ2v) is 4.21. The van der Waals surface area contributed by atoms with Crippen LogP contribution < -0.4 is 10.5 Å². The first-order valence-corrected chi connectivity index (χ1v) is 5.01. The van der Waals surface area contributed by atoms with E-state index in [2.05, 4.69) is 0 Å². The molecular weight excluding hydrogens is 197 g/mol. The molecule has 15 heavy (non-hydrogen) atoms. The standard InChI is InChI=1S/C11H12FNO2/c12-8-3-7-5-14-6-15-10(7)9(4-8)11(13)1-2-11/h3-4H,1-2,5-6,13H2. The van der Waals surface area contributed by atoms with Crippen molar-refractivity contribution in [2.45, 2.75) is 25.0 Å². The molecule has 1 aliphatic heterocycles. The average Bonchev–Trinajstić information content (AvgIpc) is 2.96. The molecule has 3 nitrogen and oxygen atoms in total. The predicted octanol–water partition coefficient (Wildman–Crippen LogP) is 1.64. The molecule has 0 spiro atoms. The molecular formula is C11H12FNO2. The van der Waals surface area contributed by atoms with Gasteiger partial charge >= 0.3 is 0 Å². The van der Waals surface area contributed by atoms with Gasteiger partial charge in [0.25, 0.3) is 0 Å². The van der Waals surface area contributed by atoms with Crippen molar-refractivity contribution < 1.29 is 13.9 Å². The first kappa shape index (κ1) is 9.12. The van der Waals surface area contributed by atoms with Crippen LogP contribution in [0.15, 0.2) is 12.1 Å². The van der Waals surface area contributed by atoms with Gasteiger partial charge in [-0.3, -0.25) is 0 Å². The lowest BCUT2D eigenvalue weighted by Crippen LogP contribution is -2.23. The van der Waals surface area contributed by atoms with Gasteiger partial charge in [0, 0.05) is 16.7 Å². The van der Waals surface area contributed by atoms with Crippen LogP contribution in [-0.4, -0.2) is 6.79 Å². The smallest absolute Gasteiger partial charge is 0.189 e. The Bertz CT molecular complexity index is 415. The average molecular weight is 209 g/mol. The van der Waals surface area contributed by atoms with Gasteiger partial charge in [-0.05, 0) is 25.0 Å². The van der Waals surface area contributed by atoms with E-state index in [1.165, 1.54) is 12.1 Å². The van der Waals surface area contributed by atoms with Crippen molar-refractivity contribution in [3.63, 3.8) is 0 Å². The Hall–Kier alpha value is -1.13. The molecule has 1 saturated carbocycles. The third-order valence-corrected chi connectivity index (χ3v) is 3.00. The van der Waals surface area contributed by atoms with Gasteiger partial charge < -0.3 is 15.2 Å². The summed E-state index contributed by atoms with van der Waals surface area (Å²) in [6.07, 6.45) is 1.79. The van der Waals surface area contributed by atoms with Crippen LogP contribution in [0.4, 0.5) is 4.39 Å². The largest absolute Gasteiger partial charge is 0.467 e. The summed E-state index contributed by atoms with van der Waals surface area (Å²) in [6, 6.07) is 2.93. The monoisotopic (exact) mass is 209 g/mol. The van der Waals surface area contributed by atoms with Crippen LogP contribution in [0.25, 0.3) is 0 Å². The molecule has 1 heterocycles. The topological polar surface area (TPSA) is 44.5 Å². The summed E-state index contributed by atoms with van der Waals surface area (Å²) in [5, 5.41) is 0. The van der Waals surface area contributed by atoms with Crippen LogP contribution in [-0.2, 0) is 16.9 Å². The number of halogens is 1. The van der Waals surface area contributed by atoms with Crippen molar-refractivity contribution in [2.75, 3.05) is 6.79 Å². The number of rotatable bonds is 1. The van der Waals surface area contributed by atoms with E-state index in [1.807, 2.05) is 0 Å². The SMILES string of the molecule is NC1(c2cc(F)cc3c2OCOC3)CC1. The maximum absolute atomic E-state index is 13.3. The van der Waals surface area contributed by atoms with Gasteiger partial charge in [-0.15, -0.1) is 0 Å². The minimum Gasteiger partial charge on any atom is -0.467 e. The van der Waals surface area contributed by atoms with Crippen molar-refractivity contribution in [1.29, 1.82) is 0 Å². The number of fused-ring (bicyclic) bond motifs is 1. The van der Waals surface area contributed by atoms with Crippen molar-refractivity contribution in [3.8, 4) is 5.75 Å². The highest BCUT2D eigenvalue weighted by molar-refractivity contribution is 5.48. The molecule has 1 aromatic carbocycles. The summed E-state index contributed by atoms with van der Waals surface area (Å²) in [5.74, 6) is 0.456. The van der Waals surface area contributed by atoms with Crippen molar-refractivity contribution in [1.82, 2.24) is 0 Å². The third-order valence-electron chi connectivity index (χ3n) is 3.00. The molecule has 0 aromatic heterocycles. The molecule has 80 valence electrons. The second kappa shape index (κ2) is 2.93. The predicted molar refractivity (Wildman–Crippen MR) is 51.8 cm³/mol. The molecule has 0 atom stereocenters. The molecule has 1 aliphatic carbocycles. The Balaban J connectivity index is 2.15. The van der Waals surface area contributed by atoms with Gasteiger partial charge in [-0.25, -0.2) is 4.39 Å². The molecule has 0 saturated heterocycles. The van der Waals surface area contributed by atoms with Crippen molar-refractivity contribution >= 4 is 0 Å². The zero-order valence-corrected chi connectivity index (χ0v) is 8.25. The molecule has 2 N–H and O–H groups in total. The van der Waals surface area contributed by atoms with Crippen LogP contribution >= 0.6 is 0 Å². The van der Waals surface area contributed by atoms with E-state index in [-0.39, 0.29) is 18.1 Å². The van der Waals surface area contributed by atoms with E-state index < -0.39 is 0 Å². The highest BCUT2D eigenvalue weighted by Gasteiger charge is 2.43. The van der Waals surface area contributed by atoms with Crippen LogP contribution in [0, 0.1) is 5.82 Å². The third kappa shape index (κ3) is 1.41. The number of hydrogen-bond donors (Lipinski definition) is 1. The summed E-state index contributed by atoms with van der Waals surface area (Å²) >= 11 is 0. The number of hydrogen-bond acceptors (Lipinski definition) is 3. The molecule has 0 unspecified atom stereocenters. The van der Waals surface area contributed by atoms with Gasteiger partial charge in [-0.2, -0.15) is 0 Å². The summed E-state index contributed by atoms with van der Waals surface area (Å²) in [5.41, 5.74) is 7.25. The van der Waals surface area contributed by atoms with Crippen LogP contribution in [0.5, 0.6) is 5.75 Å². The van der Waals surface area contributed by atoms with Gasteiger partial charge in [0.15, 0.2) is 6.79 Å². The van der Waals surface area contributed by atoms with Gasteiger partial charge in [0.1, 0.15) is 11.6 Å². The Morgan fingerprint density at radius 1 is 1.33 bits per heavy atom. The van der Waals surface area contributed by atoms with E-state index in [4.69, 9.17) is 15.2 Å². The second-order valence-electron chi connectivity index (χ2n) is 4.21. The highest BCUT2D eigenvalue weighted by Crippen LogP contribution is 2.48. The first-order valence-electron chi connectivity index (χ1n) is 5.01. The van der Waals surface area contributed by atoms with Gasteiger partial charge in [0.2, 0.25) is 0 Å². The van der Waals surface area contributed by atoms with Crippen molar-refractivity contribution in [3.05, 3.63) is 29.1 Å². The lowest BCUT2D eigenvalue weighted by Gasteiger charge is -2.23.